The number of aryl methyl sites for hydroxylation is 1. The first-order chi connectivity index (χ1) is 8.54. The number of aromatic hydroxyl groups is 1. The number of carboxylic acid groups (broad SMARTS) is 1. The van der Waals surface area contributed by atoms with Crippen LogP contribution in [0.5, 0.6) is 5.75 Å². The fourth-order valence-electron chi connectivity index (χ4n) is 2.84. The number of hydrogen-bond acceptors (Lipinski definition) is 2. The largest absolute Gasteiger partial charge is 0.507 e. The van der Waals surface area contributed by atoms with E-state index in [-0.39, 0.29) is 5.75 Å². The maximum atomic E-state index is 11.5. The van der Waals surface area contributed by atoms with Crippen molar-refractivity contribution in [3.8, 4) is 5.75 Å². The van der Waals surface area contributed by atoms with Gasteiger partial charge in [-0.2, -0.15) is 0 Å². The van der Waals surface area contributed by atoms with Crippen molar-refractivity contribution >= 4 is 16.9 Å². The third kappa shape index (κ3) is 1.29. The minimum atomic E-state index is -0.885. The molecule has 3 rings (SSSR count). The van der Waals surface area contributed by atoms with Gasteiger partial charge in [0, 0.05) is 22.2 Å². The quantitative estimate of drug-likeness (QED) is 0.761. The van der Waals surface area contributed by atoms with E-state index >= 15 is 0 Å². The average molecular weight is 245 g/mol. The highest BCUT2D eigenvalue weighted by molar-refractivity contribution is 5.92. The summed E-state index contributed by atoms with van der Waals surface area (Å²) in [5.41, 5.74) is 1.46. The Bertz CT molecular complexity index is 638. The predicted molar refractivity (Wildman–Crippen MR) is 67.9 cm³/mol. The maximum absolute atomic E-state index is 11.5. The molecule has 18 heavy (non-hydrogen) atoms. The van der Waals surface area contributed by atoms with Gasteiger partial charge in [-0.25, -0.2) is 0 Å². The molecule has 4 heteroatoms. The van der Waals surface area contributed by atoms with Crippen LogP contribution >= 0.6 is 0 Å². The number of carboxylic acids is 1. The molecule has 94 valence electrons. The van der Waals surface area contributed by atoms with E-state index in [0.717, 1.165) is 17.6 Å². The number of rotatable bonds is 2. The number of nitrogens with one attached hydrogen (secondary N) is 1. The number of benzene rings is 1. The molecule has 2 aromatic rings. The first-order valence-corrected chi connectivity index (χ1v) is 6.10. The molecular formula is C14H15NO3. The number of carbonyl (C=O) groups is 1. The van der Waals surface area contributed by atoms with Gasteiger partial charge in [-0.1, -0.05) is 12.5 Å². The zero-order chi connectivity index (χ0) is 12.9. The van der Waals surface area contributed by atoms with Gasteiger partial charge in [-0.15, -0.1) is 0 Å². The van der Waals surface area contributed by atoms with E-state index in [4.69, 9.17) is 0 Å². The van der Waals surface area contributed by atoms with Crippen LogP contribution in [0.2, 0.25) is 0 Å². The maximum Gasteiger partial charge on any atom is 0.314 e. The lowest BCUT2D eigenvalue weighted by Crippen LogP contribution is -2.42. The van der Waals surface area contributed by atoms with Gasteiger partial charge in [-0.05, 0) is 31.9 Å². The SMILES string of the molecule is Cc1cc2c(O)c(C3(C(=O)O)CCC3)ccc2[nH]1. The van der Waals surface area contributed by atoms with Gasteiger partial charge in [0.1, 0.15) is 5.75 Å². The van der Waals surface area contributed by atoms with E-state index in [1.807, 2.05) is 19.1 Å². The second-order valence-electron chi connectivity index (χ2n) is 5.12. The molecule has 0 amide bonds. The summed E-state index contributed by atoms with van der Waals surface area (Å²) >= 11 is 0. The topological polar surface area (TPSA) is 73.3 Å². The molecule has 4 nitrogen and oxygen atoms in total. The highest BCUT2D eigenvalue weighted by Crippen LogP contribution is 2.48. The molecule has 0 bridgehead atoms. The monoisotopic (exact) mass is 245 g/mol. The third-order valence-corrected chi connectivity index (χ3v) is 4.04. The molecule has 1 heterocycles. The van der Waals surface area contributed by atoms with Crippen LogP contribution in [0.4, 0.5) is 0 Å². The van der Waals surface area contributed by atoms with E-state index < -0.39 is 11.4 Å². The average Bonchev–Trinajstić information content (AvgIpc) is 2.61. The minimum Gasteiger partial charge on any atom is -0.507 e. The zero-order valence-electron chi connectivity index (χ0n) is 10.2. The first kappa shape index (κ1) is 11.1. The lowest BCUT2D eigenvalue weighted by atomic mass is 9.64. The van der Waals surface area contributed by atoms with Crippen LogP contribution in [0.25, 0.3) is 10.9 Å². The Balaban J connectivity index is 2.23. The van der Waals surface area contributed by atoms with E-state index in [0.29, 0.717) is 23.8 Å². The van der Waals surface area contributed by atoms with Gasteiger partial charge >= 0.3 is 5.97 Å². The zero-order valence-corrected chi connectivity index (χ0v) is 10.2. The Morgan fingerprint density at radius 1 is 1.39 bits per heavy atom. The van der Waals surface area contributed by atoms with Crippen molar-refractivity contribution in [2.75, 3.05) is 0 Å². The highest BCUT2D eigenvalue weighted by atomic mass is 16.4. The Morgan fingerprint density at radius 2 is 2.11 bits per heavy atom. The molecule has 0 aliphatic heterocycles. The predicted octanol–water partition coefficient (Wildman–Crippen LogP) is 2.69. The molecule has 3 N–H and O–H groups in total. The Kier molecular flexibility index (Phi) is 2.17. The van der Waals surface area contributed by atoms with E-state index in [1.54, 1.807) is 6.07 Å². The number of phenols is 1. The third-order valence-electron chi connectivity index (χ3n) is 4.04. The van der Waals surface area contributed by atoms with Crippen molar-refractivity contribution in [1.29, 1.82) is 0 Å². The van der Waals surface area contributed by atoms with Crippen LogP contribution < -0.4 is 0 Å². The van der Waals surface area contributed by atoms with Crippen LogP contribution in [0.3, 0.4) is 0 Å². The highest BCUT2D eigenvalue weighted by Gasteiger charge is 2.47. The standard InChI is InChI=1S/C14H15NO3/c1-8-7-9-11(15-8)4-3-10(12(9)16)14(13(17)18)5-2-6-14/h3-4,7,15-16H,2,5-6H2,1H3,(H,17,18). The lowest BCUT2D eigenvalue weighted by molar-refractivity contribution is -0.147. The Labute approximate surface area is 104 Å². The summed E-state index contributed by atoms with van der Waals surface area (Å²) in [6.07, 6.45) is 2.10. The van der Waals surface area contributed by atoms with Gasteiger partial charge in [0.25, 0.3) is 0 Å². The number of phenolic OH excluding ortho intramolecular Hbond substituents is 1. The molecule has 1 saturated carbocycles. The molecule has 1 aromatic carbocycles. The van der Waals surface area contributed by atoms with Crippen molar-refractivity contribution in [3.05, 3.63) is 29.5 Å². The minimum absolute atomic E-state index is 0.110. The molecule has 1 fully saturated rings. The smallest absolute Gasteiger partial charge is 0.314 e. The van der Waals surface area contributed by atoms with Crippen LogP contribution in [0.1, 0.15) is 30.5 Å². The second-order valence-corrected chi connectivity index (χ2v) is 5.12. The van der Waals surface area contributed by atoms with Gasteiger partial charge in [0.2, 0.25) is 0 Å². The second kappa shape index (κ2) is 3.51. The van der Waals surface area contributed by atoms with Crippen LogP contribution in [0.15, 0.2) is 18.2 Å². The normalized spacial score (nSPS) is 17.6. The summed E-state index contributed by atoms with van der Waals surface area (Å²) in [6, 6.07) is 5.43. The number of H-pyrrole nitrogens is 1. The molecule has 1 aliphatic carbocycles. The van der Waals surface area contributed by atoms with Crippen molar-refractivity contribution in [1.82, 2.24) is 4.98 Å². The summed E-state index contributed by atoms with van der Waals surface area (Å²) in [5, 5.41) is 20.5. The van der Waals surface area contributed by atoms with Crippen LogP contribution in [0, 0.1) is 6.92 Å². The number of hydrogen-bond donors (Lipinski definition) is 3. The summed E-state index contributed by atoms with van der Waals surface area (Å²) in [5.74, 6) is -0.727. The van der Waals surface area contributed by atoms with Gasteiger partial charge in [0.05, 0.1) is 5.41 Å². The van der Waals surface area contributed by atoms with E-state index in [1.165, 1.54) is 0 Å². The van der Waals surface area contributed by atoms with Crippen molar-refractivity contribution in [2.24, 2.45) is 0 Å². The summed E-state index contributed by atoms with van der Waals surface area (Å²) in [4.78, 5) is 14.6. The lowest BCUT2D eigenvalue weighted by Gasteiger charge is -2.38. The van der Waals surface area contributed by atoms with Crippen LogP contribution in [-0.2, 0) is 10.2 Å². The number of aromatic amines is 1. The molecule has 0 atom stereocenters. The number of aromatic nitrogens is 1. The summed E-state index contributed by atoms with van der Waals surface area (Å²) < 4.78 is 0. The Hall–Kier alpha value is -1.97. The van der Waals surface area contributed by atoms with Crippen molar-refractivity contribution in [3.63, 3.8) is 0 Å². The van der Waals surface area contributed by atoms with Gasteiger partial charge in [0.15, 0.2) is 0 Å². The molecule has 0 unspecified atom stereocenters. The van der Waals surface area contributed by atoms with Gasteiger partial charge < -0.3 is 15.2 Å². The van der Waals surface area contributed by atoms with Crippen LogP contribution in [-0.4, -0.2) is 21.2 Å². The van der Waals surface area contributed by atoms with Crippen molar-refractivity contribution < 1.29 is 15.0 Å². The Morgan fingerprint density at radius 3 is 2.67 bits per heavy atom. The molecule has 1 aliphatic rings. The van der Waals surface area contributed by atoms with E-state index in [2.05, 4.69) is 4.98 Å². The number of aliphatic carboxylic acids is 1. The number of fused-ring (bicyclic) bond motifs is 1. The fourth-order valence-corrected chi connectivity index (χ4v) is 2.84. The first-order valence-electron chi connectivity index (χ1n) is 6.10. The molecule has 0 radical (unpaired) electrons. The fraction of sp³-hybridized carbons (Fsp3) is 0.357. The molecule has 0 spiro atoms. The molecule has 0 saturated heterocycles. The van der Waals surface area contributed by atoms with E-state index in [9.17, 15) is 15.0 Å². The summed E-state index contributed by atoms with van der Waals surface area (Å²) in [7, 11) is 0. The van der Waals surface area contributed by atoms with Crippen molar-refractivity contribution in [2.45, 2.75) is 31.6 Å². The summed E-state index contributed by atoms with van der Waals surface area (Å²) in [6.45, 7) is 1.91. The van der Waals surface area contributed by atoms with Gasteiger partial charge in [-0.3, -0.25) is 4.79 Å². The molecular weight excluding hydrogens is 230 g/mol. The molecule has 1 aromatic heterocycles.